The standard InChI is InChI=1S/C27H31N3O5.C25H21N3.C19H16N2.C16H15NO2.C15H11N.C14H13NO.C13H11NO/c1-3-26-24(5-17(1)28(7-19-12-31-19)8-20-13-32-20)25-6-18(2-4-27(25)30(26)11-23-16-35-23)29(9-21-14-33-21)10-22-15-34-22;1-6-14-27(15-7-2)20-10-12-24-22(18-20)23-19-21(11-13-25(23)26(24)5)28(16-8-3)17-9-4;1-4-12-21(13-5-2)15-10-11-19-17(14-15)16-8-6-7-9-18(16)20(19)3;1-17-13-6-3-2-5-12(13)16-14(17)7-4-8-15(16)19-10-11-9-18-11;1-2-11-16-14-9-5-3-7-12(14)13-8-4-6-10-15(13)16;1-16-10-15-13-8-4-2-6-11(13)12-7-3-5-9-14(12)15;1-14-10-6-3-2-5-9(10)13-11(14)7-4-8-12(13)15/h1-6,19-23H,7-16H2;1-4,10-13,18-19H,14-17H2,5H3;1-2,6-11,14H,12-13H2,3H3;2-8,11H,9-10H2,1H3;1,3-10H,11H2;2-9H,10H2,1H3;2-8,15H,1H3. The molecule has 0 radical (unpaired) electrons. The quantitative estimate of drug-likeness (QED) is 0.0382. The minimum Gasteiger partial charge on any atom is -0.507 e. The van der Waals surface area contributed by atoms with E-state index in [1.165, 1.54) is 120 Å². The molecule has 150 heavy (non-hydrogen) atoms. The molecule has 748 valence electrons. The number of fused-ring (bicyclic) bond motifs is 21. The maximum atomic E-state index is 9.87. The van der Waals surface area contributed by atoms with Crippen molar-refractivity contribution in [3.05, 3.63) is 297 Å². The summed E-state index contributed by atoms with van der Waals surface area (Å²) in [6.07, 6.45) is 40.3. The highest BCUT2D eigenvalue weighted by Crippen LogP contribution is 2.43. The summed E-state index contributed by atoms with van der Waals surface area (Å²) in [5, 5.41) is 26.8. The van der Waals surface area contributed by atoms with Gasteiger partial charge in [0.05, 0.1) is 145 Å². The Morgan fingerprint density at radius 2 is 0.540 bits per heavy atom. The molecular formula is C129H118N12O9. The first-order valence-electron chi connectivity index (χ1n) is 50.8. The third-order valence-corrected chi connectivity index (χ3v) is 28.8. The molecule has 6 aliphatic rings. The minimum absolute atomic E-state index is 0.283. The summed E-state index contributed by atoms with van der Waals surface area (Å²) >= 11 is 0. The first-order chi connectivity index (χ1) is 73.6. The number of hydrogen-bond donors (Lipinski definition) is 1. The Labute approximate surface area is 873 Å². The molecule has 0 saturated carbocycles. The number of ether oxygens (including phenoxy) is 8. The van der Waals surface area contributed by atoms with E-state index in [0.29, 0.717) is 95.4 Å². The van der Waals surface area contributed by atoms with E-state index >= 15 is 0 Å². The number of anilines is 5. The fourth-order valence-electron chi connectivity index (χ4n) is 21.0. The van der Waals surface area contributed by atoms with E-state index in [0.717, 1.165) is 139 Å². The molecule has 21 nitrogen and oxygen atoms in total. The van der Waals surface area contributed by atoms with Crippen LogP contribution < -0.4 is 29.2 Å². The van der Waals surface area contributed by atoms with Gasteiger partial charge in [-0.05, 0) is 158 Å². The Hall–Kier alpha value is -17.1. The van der Waals surface area contributed by atoms with E-state index in [9.17, 15) is 5.11 Å². The van der Waals surface area contributed by atoms with Crippen LogP contribution in [0.4, 0.5) is 28.4 Å². The van der Waals surface area contributed by atoms with Crippen LogP contribution in [-0.2, 0) is 81.2 Å². The van der Waals surface area contributed by atoms with Crippen molar-refractivity contribution >= 4 is 181 Å². The van der Waals surface area contributed by atoms with Gasteiger partial charge in [-0.2, -0.15) is 0 Å². The van der Waals surface area contributed by atoms with Gasteiger partial charge in [-0.15, -0.1) is 45.0 Å². The summed E-state index contributed by atoms with van der Waals surface area (Å²) < 4.78 is 59.8. The zero-order valence-electron chi connectivity index (χ0n) is 85.0. The molecule has 0 amide bonds. The van der Waals surface area contributed by atoms with Gasteiger partial charge in [0.1, 0.15) is 30.9 Å². The molecule has 27 rings (SSSR count). The lowest BCUT2D eigenvalue weighted by Gasteiger charge is -2.24. The molecule has 0 bridgehead atoms. The van der Waals surface area contributed by atoms with Gasteiger partial charge in [0, 0.05) is 220 Å². The van der Waals surface area contributed by atoms with Crippen LogP contribution >= 0.6 is 0 Å². The summed E-state index contributed by atoms with van der Waals surface area (Å²) in [7, 11) is 9.99. The Kier molecular flexibility index (Phi) is 29.2. The molecule has 0 aliphatic carbocycles. The van der Waals surface area contributed by atoms with Crippen LogP contribution in [-0.4, -0.2) is 193 Å². The van der Waals surface area contributed by atoms with Crippen LogP contribution in [0.15, 0.2) is 297 Å². The van der Waals surface area contributed by atoms with Crippen molar-refractivity contribution in [1.82, 2.24) is 32.0 Å². The Bertz CT molecular complexity index is 8580. The Morgan fingerprint density at radius 3 is 0.893 bits per heavy atom. The number of rotatable bonds is 27. The van der Waals surface area contributed by atoms with Crippen LogP contribution in [0.3, 0.4) is 0 Å². The summed E-state index contributed by atoms with van der Waals surface area (Å²) in [4.78, 5) is 10.9. The number of benzene rings is 14. The van der Waals surface area contributed by atoms with Gasteiger partial charge in [0.2, 0.25) is 0 Å². The lowest BCUT2D eigenvalue weighted by molar-refractivity contribution is 0.138. The highest BCUT2D eigenvalue weighted by atomic mass is 16.6. The molecule has 21 aromatic rings. The van der Waals surface area contributed by atoms with E-state index < -0.39 is 0 Å². The van der Waals surface area contributed by atoms with Gasteiger partial charge in [-0.1, -0.05) is 181 Å². The zero-order valence-corrected chi connectivity index (χ0v) is 85.0. The van der Waals surface area contributed by atoms with Crippen LogP contribution in [0.5, 0.6) is 11.5 Å². The third kappa shape index (κ3) is 21.1. The molecule has 21 heteroatoms. The predicted octanol–water partition coefficient (Wildman–Crippen LogP) is 22.3. The molecule has 7 aromatic heterocycles. The van der Waals surface area contributed by atoms with Crippen LogP contribution in [0.1, 0.15) is 0 Å². The number of aryl methyl sites for hydroxylation is 4. The lowest BCUT2D eigenvalue weighted by atomic mass is 10.1. The average molecular weight is 1980 g/mol. The van der Waals surface area contributed by atoms with Crippen molar-refractivity contribution in [2.45, 2.75) is 56.4 Å². The van der Waals surface area contributed by atoms with Crippen molar-refractivity contribution < 1.29 is 43.0 Å². The number of aromatic nitrogens is 7. The summed E-state index contributed by atoms with van der Waals surface area (Å²) in [5.74, 6) is 20.0. The number of epoxide rings is 6. The maximum Gasteiger partial charge on any atom is 0.129 e. The highest BCUT2D eigenvalue weighted by molar-refractivity contribution is 6.16. The average Bonchev–Trinajstić information content (AvgIpc) is 1.59. The van der Waals surface area contributed by atoms with Gasteiger partial charge in [-0.3, -0.25) is 0 Å². The second-order valence-corrected chi connectivity index (χ2v) is 38.6. The van der Waals surface area contributed by atoms with E-state index in [1.54, 1.807) is 13.2 Å². The SMILES string of the molecule is C#CCN(CC#C)c1ccc2c(c1)c1cc(N(CC#C)CC#C)ccc1n2C.C#CCN(CC#C)c1ccc2c(c1)c1ccccc1n2C.C#CCn1c2ccccc2c2ccccc21.COCn1c2ccccc2c2ccccc21.Cn1c2ccccc2c2c(O)cccc21.Cn1c2ccccc2c2c(OCC3CO3)cccc21.c1cc2c(cc1N(CC1CO1)CC1CO1)c1cc(N(CC3CO3)CC3CO3)ccc1n2CC1CO1. The topological polar surface area (TPSA) is 165 Å². The zero-order chi connectivity index (χ0) is 103. The van der Waals surface area contributed by atoms with E-state index in [2.05, 4.69) is 341 Å². The van der Waals surface area contributed by atoms with Gasteiger partial charge >= 0.3 is 0 Å². The molecule has 6 saturated heterocycles. The summed E-state index contributed by atoms with van der Waals surface area (Å²) in [6, 6.07) is 103. The molecule has 6 atom stereocenters. The van der Waals surface area contributed by atoms with Crippen molar-refractivity contribution in [2.75, 3.05) is 143 Å². The Morgan fingerprint density at radius 1 is 0.273 bits per heavy atom. The van der Waals surface area contributed by atoms with E-state index in [4.69, 9.17) is 82.9 Å². The molecule has 0 spiro atoms. The van der Waals surface area contributed by atoms with Gasteiger partial charge in [0.15, 0.2) is 0 Å². The lowest BCUT2D eigenvalue weighted by Crippen LogP contribution is -2.31. The number of phenols is 1. The number of methoxy groups -OCH3 is 1. The molecule has 6 unspecified atom stereocenters. The monoisotopic (exact) mass is 1980 g/mol. The first kappa shape index (κ1) is 98.9. The van der Waals surface area contributed by atoms with E-state index in [1.807, 2.05) is 76.3 Å². The van der Waals surface area contributed by atoms with Crippen LogP contribution in [0.2, 0.25) is 0 Å². The van der Waals surface area contributed by atoms with Crippen LogP contribution in [0.25, 0.3) is 153 Å². The largest absolute Gasteiger partial charge is 0.507 e. The van der Waals surface area contributed by atoms with Crippen molar-refractivity contribution in [2.24, 2.45) is 28.2 Å². The number of aromatic hydroxyl groups is 1. The van der Waals surface area contributed by atoms with Crippen LogP contribution in [0, 0.1) is 86.4 Å². The fourth-order valence-corrected chi connectivity index (χ4v) is 21.0. The van der Waals surface area contributed by atoms with Gasteiger partial charge in [0.25, 0.3) is 0 Å². The molecule has 6 fully saturated rings. The minimum atomic E-state index is 0.283. The summed E-state index contributed by atoms with van der Waals surface area (Å²) in [5.41, 5.74) is 22.3. The van der Waals surface area contributed by atoms with Gasteiger partial charge in [-0.25, -0.2) is 0 Å². The second-order valence-electron chi connectivity index (χ2n) is 38.6. The van der Waals surface area contributed by atoms with Crippen molar-refractivity contribution in [3.8, 4) is 97.9 Å². The predicted molar refractivity (Wildman–Crippen MR) is 616 cm³/mol. The fraction of sp³-hybridized carbons (Fsp3) is 0.240. The van der Waals surface area contributed by atoms with Gasteiger partial charge < -0.3 is 99.5 Å². The highest BCUT2D eigenvalue weighted by Gasteiger charge is 2.35. The number of nitrogens with zero attached hydrogens (tertiary/aromatic N) is 12. The third-order valence-electron chi connectivity index (χ3n) is 28.8. The number of hydrogen-bond acceptors (Lipinski definition) is 14. The molecule has 6 aliphatic heterocycles. The summed E-state index contributed by atoms with van der Waals surface area (Å²) in [6.45, 7) is 14.4. The number of phenolic OH excluding ortho intramolecular Hbond substituents is 1. The van der Waals surface area contributed by atoms with Crippen molar-refractivity contribution in [1.29, 1.82) is 0 Å². The van der Waals surface area contributed by atoms with Crippen molar-refractivity contribution in [3.63, 3.8) is 0 Å². The number of para-hydroxylation sites is 7. The first-order valence-corrected chi connectivity index (χ1v) is 50.8. The smallest absolute Gasteiger partial charge is 0.129 e. The Balaban J connectivity index is 0.000000104. The molecule has 13 heterocycles. The molecular weight excluding hydrogens is 1860 g/mol. The second kappa shape index (κ2) is 44.3. The maximum absolute atomic E-state index is 9.87. The van der Waals surface area contributed by atoms with E-state index in [-0.39, 0.29) is 6.10 Å². The number of terminal acetylenes is 7. The molecule has 1 N–H and O–H groups in total. The molecule has 14 aromatic carbocycles. The normalized spacial score (nSPS) is 16.1.